The third-order valence-corrected chi connectivity index (χ3v) is 5.12. The van der Waals surface area contributed by atoms with Crippen LogP contribution in [-0.2, 0) is 17.6 Å². The number of nitrogens with one attached hydrogen (secondary N) is 2. The van der Waals surface area contributed by atoms with Crippen molar-refractivity contribution < 1.29 is 9.59 Å². The largest absolute Gasteiger partial charge is 0.322 e. The lowest BCUT2D eigenvalue weighted by Gasteiger charge is -2.09. The monoisotopic (exact) mass is 328 g/mol. The van der Waals surface area contributed by atoms with Crippen LogP contribution < -0.4 is 10.6 Å². The van der Waals surface area contributed by atoms with Crippen molar-refractivity contribution >= 4 is 33.8 Å². The molecule has 1 heterocycles. The van der Waals surface area contributed by atoms with Crippen LogP contribution in [0, 0.1) is 0 Å². The number of amides is 2. The molecule has 120 valence electrons. The number of carbonyl (C=O) groups is 2. The third-order valence-electron chi connectivity index (χ3n) is 3.91. The molecular formula is C18H20N2O2S. The van der Waals surface area contributed by atoms with Crippen LogP contribution in [0.15, 0.2) is 30.3 Å². The first kappa shape index (κ1) is 15.7. The fraction of sp³-hybridized carbons (Fsp3) is 0.333. The van der Waals surface area contributed by atoms with Gasteiger partial charge in [-0.25, -0.2) is 0 Å². The average molecular weight is 328 g/mol. The van der Waals surface area contributed by atoms with Crippen LogP contribution in [0.25, 0.3) is 0 Å². The van der Waals surface area contributed by atoms with Gasteiger partial charge in [0.25, 0.3) is 5.91 Å². The smallest absolute Gasteiger partial charge is 0.258 e. The van der Waals surface area contributed by atoms with Crippen molar-refractivity contribution in [3.05, 3.63) is 46.3 Å². The number of thiophene rings is 1. The first-order chi connectivity index (χ1) is 11.2. The molecule has 5 heteroatoms. The van der Waals surface area contributed by atoms with E-state index in [-0.39, 0.29) is 11.8 Å². The molecule has 1 aromatic carbocycles. The molecule has 0 atom stereocenters. The van der Waals surface area contributed by atoms with E-state index in [9.17, 15) is 9.59 Å². The molecule has 0 spiro atoms. The standard InChI is InChI=1S/C18H20N2O2S/c1-2-7-15(21)20-18-16(13-10-6-11-14(13)23-18)17(22)19-12-8-4-3-5-9-12/h3-5,8-9H,2,6-7,10-11H2,1H3,(H,19,22)(H,20,21). The highest BCUT2D eigenvalue weighted by molar-refractivity contribution is 7.17. The van der Waals surface area contributed by atoms with Crippen molar-refractivity contribution in [2.24, 2.45) is 0 Å². The van der Waals surface area contributed by atoms with Gasteiger partial charge in [-0.1, -0.05) is 25.1 Å². The van der Waals surface area contributed by atoms with Crippen molar-refractivity contribution in [2.75, 3.05) is 10.6 Å². The molecule has 2 amide bonds. The lowest BCUT2D eigenvalue weighted by molar-refractivity contribution is -0.116. The zero-order valence-electron chi connectivity index (χ0n) is 13.1. The first-order valence-electron chi connectivity index (χ1n) is 7.99. The second-order valence-electron chi connectivity index (χ2n) is 5.68. The Bertz CT molecular complexity index is 722. The quantitative estimate of drug-likeness (QED) is 0.863. The highest BCUT2D eigenvalue weighted by Crippen LogP contribution is 2.39. The molecule has 4 nitrogen and oxygen atoms in total. The molecule has 0 saturated heterocycles. The molecule has 0 aliphatic heterocycles. The third kappa shape index (κ3) is 3.45. The van der Waals surface area contributed by atoms with Gasteiger partial charge in [-0.3, -0.25) is 9.59 Å². The van der Waals surface area contributed by atoms with E-state index in [0.29, 0.717) is 17.0 Å². The van der Waals surface area contributed by atoms with E-state index in [1.807, 2.05) is 37.3 Å². The van der Waals surface area contributed by atoms with Gasteiger partial charge in [-0.05, 0) is 43.4 Å². The zero-order chi connectivity index (χ0) is 16.2. The second kappa shape index (κ2) is 6.96. The van der Waals surface area contributed by atoms with Gasteiger partial charge >= 0.3 is 0 Å². The van der Waals surface area contributed by atoms with E-state index < -0.39 is 0 Å². The molecule has 2 N–H and O–H groups in total. The molecule has 0 fully saturated rings. The minimum absolute atomic E-state index is 0.0267. The van der Waals surface area contributed by atoms with Crippen LogP contribution in [0.3, 0.4) is 0 Å². The Morgan fingerprint density at radius 2 is 1.91 bits per heavy atom. The van der Waals surface area contributed by atoms with Gasteiger partial charge in [0.05, 0.1) is 5.56 Å². The van der Waals surface area contributed by atoms with Crippen LogP contribution in [0.4, 0.5) is 10.7 Å². The topological polar surface area (TPSA) is 58.2 Å². The van der Waals surface area contributed by atoms with Crippen LogP contribution in [0.2, 0.25) is 0 Å². The first-order valence-corrected chi connectivity index (χ1v) is 8.81. The number of hydrogen-bond donors (Lipinski definition) is 2. The van der Waals surface area contributed by atoms with E-state index in [4.69, 9.17) is 0 Å². The summed E-state index contributed by atoms with van der Waals surface area (Å²) in [5, 5.41) is 6.56. The molecule has 3 rings (SSSR count). The summed E-state index contributed by atoms with van der Waals surface area (Å²) in [6, 6.07) is 9.41. The molecule has 0 radical (unpaired) electrons. The van der Waals surface area contributed by atoms with E-state index in [1.165, 1.54) is 4.88 Å². The Morgan fingerprint density at radius 1 is 1.13 bits per heavy atom. The number of aryl methyl sites for hydroxylation is 1. The minimum atomic E-state index is -0.137. The molecule has 1 aliphatic rings. The number of para-hydroxylation sites is 1. The summed E-state index contributed by atoms with van der Waals surface area (Å²) < 4.78 is 0. The van der Waals surface area contributed by atoms with Crippen molar-refractivity contribution in [3.8, 4) is 0 Å². The Kier molecular flexibility index (Phi) is 4.76. The molecule has 0 unspecified atom stereocenters. The normalized spacial score (nSPS) is 12.7. The second-order valence-corrected chi connectivity index (χ2v) is 6.78. The van der Waals surface area contributed by atoms with Gasteiger partial charge in [0.1, 0.15) is 5.00 Å². The van der Waals surface area contributed by atoms with Gasteiger partial charge in [0.15, 0.2) is 0 Å². The van der Waals surface area contributed by atoms with E-state index >= 15 is 0 Å². The van der Waals surface area contributed by atoms with Gasteiger partial charge in [-0.15, -0.1) is 11.3 Å². The summed E-state index contributed by atoms with van der Waals surface area (Å²) in [4.78, 5) is 25.9. The van der Waals surface area contributed by atoms with Crippen LogP contribution >= 0.6 is 11.3 Å². The fourth-order valence-electron chi connectivity index (χ4n) is 2.86. The summed E-state index contributed by atoms with van der Waals surface area (Å²) in [5.74, 6) is -0.163. The van der Waals surface area contributed by atoms with Crippen LogP contribution in [0.5, 0.6) is 0 Å². The Hall–Kier alpha value is -2.14. The lowest BCUT2D eigenvalue weighted by atomic mass is 10.1. The number of anilines is 2. The summed E-state index contributed by atoms with van der Waals surface area (Å²) in [6.07, 6.45) is 4.25. The van der Waals surface area contributed by atoms with Crippen LogP contribution in [-0.4, -0.2) is 11.8 Å². The number of fused-ring (bicyclic) bond motifs is 1. The average Bonchev–Trinajstić information content (AvgIpc) is 3.08. The maximum Gasteiger partial charge on any atom is 0.258 e. The number of rotatable bonds is 5. The summed E-state index contributed by atoms with van der Waals surface area (Å²) >= 11 is 1.55. The highest BCUT2D eigenvalue weighted by atomic mass is 32.1. The SMILES string of the molecule is CCCC(=O)Nc1sc2c(c1C(=O)Nc1ccccc1)CCC2. The number of carbonyl (C=O) groups excluding carboxylic acids is 2. The van der Waals surface area contributed by atoms with E-state index in [1.54, 1.807) is 11.3 Å². The Balaban J connectivity index is 1.87. The maximum atomic E-state index is 12.7. The van der Waals surface area contributed by atoms with Crippen molar-refractivity contribution in [3.63, 3.8) is 0 Å². The molecule has 2 aromatic rings. The number of hydrogen-bond acceptors (Lipinski definition) is 3. The minimum Gasteiger partial charge on any atom is -0.322 e. The lowest BCUT2D eigenvalue weighted by Crippen LogP contribution is -2.17. The molecule has 0 saturated carbocycles. The Labute approximate surface area is 139 Å². The molecule has 1 aromatic heterocycles. The van der Waals surface area contributed by atoms with Crippen molar-refractivity contribution in [1.82, 2.24) is 0 Å². The summed E-state index contributed by atoms with van der Waals surface area (Å²) in [6.45, 7) is 1.97. The van der Waals surface area contributed by atoms with E-state index in [2.05, 4.69) is 10.6 Å². The Morgan fingerprint density at radius 3 is 2.65 bits per heavy atom. The molecule has 1 aliphatic carbocycles. The number of benzene rings is 1. The van der Waals surface area contributed by atoms with Gasteiger partial charge in [0.2, 0.25) is 5.91 Å². The fourth-order valence-corrected chi connectivity index (χ4v) is 4.17. The predicted molar refractivity (Wildman–Crippen MR) is 94.3 cm³/mol. The van der Waals surface area contributed by atoms with Gasteiger partial charge in [-0.2, -0.15) is 0 Å². The summed E-state index contributed by atoms with van der Waals surface area (Å²) in [5.41, 5.74) is 2.52. The zero-order valence-corrected chi connectivity index (χ0v) is 14.0. The van der Waals surface area contributed by atoms with Gasteiger partial charge in [0, 0.05) is 17.0 Å². The molecular weight excluding hydrogens is 308 g/mol. The van der Waals surface area contributed by atoms with Crippen LogP contribution in [0.1, 0.15) is 47.0 Å². The molecule has 23 heavy (non-hydrogen) atoms. The maximum absolute atomic E-state index is 12.7. The predicted octanol–water partition coefficient (Wildman–Crippen LogP) is 4.23. The van der Waals surface area contributed by atoms with Crippen molar-refractivity contribution in [2.45, 2.75) is 39.0 Å². The molecule has 0 bridgehead atoms. The summed E-state index contributed by atoms with van der Waals surface area (Å²) in [7, 11) is 0. The van der Waals surface area contributed by atoms with Crippen molar-refractivity contribution in [1.29, 1.82) is 0 Å². The highest BCUT2D eigenvalue weighted by Gasteiger charge is 2.27. The van der Waals surface area contributed by atoms with E-state index in [0.717, 1.165) is 36.9 Å². The van der Waals surface area contributed by atoms with Gasteiger partial charge < -0.3 is 10.6 Å².